The molecule has 1 aliphatic rings. The van der Waals surface area contributed by atoms with Gasteiger partial charge in [-0.25, -0.2) is 13.1 Å². The Hall–Kier alpha value is -1.88. The van der Waals surface area contributed by atoms with E-state index in [9.17, 15) is 4.79 Å². The first kappa shape index (κ1) is 10.2. The van der Waals surface area contributed by atoms with E-state index < -0.39 is 11.4 Å². The van der Waals surface area contributed by atoms with Crippen LogP contribution in [0.3, 0.4) is 0 Å². The maximum atomic E-state index is 11.5. The van der Waals surface area contributed by atoms with E-state index in [1.54, 1.807) is 0 Å². The van der Waals surface area contributed by atoms with Gasteiger partial charge in [-0.05, 0) is 0 Å². The first-order chi connectivity index (χ1) is 6.64. The molecule has 1 heterocycles. The minimum Gasteiger partial charge on any atom is -0.387 e. The van der Waals surface area contributed by atoms with Crippen LogP contribution in [0.1, 0.15) is 19.3 Å². The van der Waals surface area contributed by atoms with E-state index in [0.29, 0.717) is 12.8 Å². The van der Waals surface area contributed by atoms with Crippen molar-refractivity contribution in [2.75, 3.05) is 6.54 Å². The largest absolute Gasteiger partial charge is 0.387 e. The second-order valence-electron chi connectivity index (χ2n) is 3.18. The summed E-state index contributed by atoms with van der Waals surface area (Å²) in [5.41, 5.74) is 4.28. The number of amides is 1. The quantitative estimate of drug-likeness (QED) is 0.649. The molecule has 0 saturated carbocycles. The zero-order chi connectivity index (χ0) is 10.6. The molecule has 0 bridgehead atoms. The predicted octanol–water partition coefficient (Wildman–Crippen LogP) is 0.631. The van der Waals surface area contributed by atoms with Crippen LogP contribution < -0.4 is 5.73 Å². The SMILES string of the molecule is [C-]#[N+]CCC1([N+]#[C-])CCC(N)=NC1=O. The summed E-state index contributed by atoms with van der Waals surface area (Å²) in [6.07, 6.45) is 1.11. The lowest BCUT2D eigenvalue weighted by Crippen LogP contribution is -2.40. The van der Waals surface area contributed by atoms with Gasteiger partial charge in [0.25, 0.3) is 0 Å². The lowest BCUT2D eigenvalue weighted by molar-refractivity contribution is -0.122. The van der Waals surface area contributed by atoms with Crippen LogP contribution in [0, 0.1) is 13.1 Å². The summed E-state index contributed by atoms with van der Waals surface area (Å²) in [5.74, 6) is -0.197. The molecule has 1 amide bonds. The van der Waals surface area contributed by atoms with E-state index >= 15 is 0 Å². The highest BCUT2D eigenvalue weighted by Crippen LogP contribution is 2.28. The molecule has 0 aliphatic carbocycles. The molecule has 1 unspecified atom stereocenters. The Kier molecular flexibility index (Phi) is 2.83. The fourth-order valence-corrected chi connectivity index (χ4v) is 1.36. The monoisotopic (exact) mass is 190 g/mol. The Morgan fingerprint density at radius 3 is 2.79 bits per heavy atom. The molecule has 0 saturated heterocycles. The zero-order valence-electron chi connectivity index (χ0n) is 7.66. The van der Waals surface area contributed by atoms with Gasteiger partial charge < -0.3 is 10.6 Å². The molecule has 72 valence electrons. The molecule has 1 atom stereocenters. The Morgan fingerprint density at radius 1 is 1.57 bits per heavy atom. The smallest absolute Gasteiger partial charge is 0.333 e. The number of rotatable bonds is 2. The Labute approximate surface area is 82.3 Å². The van der Waals surface area contributed by atoms with Crippen molar-refractivity contribution in [3.63, 3.8) is 0 Å². The van der Waals surface area contributed by atoms with Crippen molar-refractivity contribution in [1.82, 2.24) is 0 Å². The Morgan fingerprint density at radius 2 is 2.29 bits per heavy atom. The fraction of sp³-hybridized carbons (Fsp3) is 0.556. The first-order valence-corrected chi connectivity index (χ1v) is 4.24. The highest BCUT2D eigenvalue weighted by molar-refractivity contribution is 6.01. The van der Waals surface area contributed by atoms with Crippen LogP contribution in [0.15, 0.2) is 4.99 Å². The molecule has 0 aromatic rings. The van der Waals surface area contributed by atoms with Gasteiger partial charge in [0.2, 0.25) is 6.54 Å². The molecule has 14 heavy (non-hydrogen) atoms. The van der Waals surface area contributed by atoms with E-state index in [1.165, 1.54) is 0 Å². The highest BCUT2D eigenvalue weighted by atomic mass is 16.2. The van der Waals surface area contributed by atoms with Crippen LogP contribution in [0.25, 0.3) is 9.69 Å². The molecule has 5 nitrogen and oxygen atoms in total. The van der Waals surface area contributed by atoms with Crippen molar-refractivity contribution in [2.24, 2.45) is 10.7 Å². The molecule has 0 aromatic carbocycles. The van der Waals surface area contributed by atoms with Gasteiger partial charge >= 0.3 is 11.4 Å². The van der Waals surface area contributed by atoms with Crippen molar-refractivity contribution < 1.29 is 4.79 Å². The molecular formula is C9H10N4O. The number of carbonyl (C=O) groups excluding carboxylic acids is 1. The second kappa shape index (κ2) is 3.89. The molecule has 1 aliphatic heterocycles. The van der Waals surface area contributed by atoms with Crippen molar-refractivity contribution in [1.29, 1.82) is 0 Å². The maximum absolute atomic E-state index is 11.5. The zero-order valence-corrected chi connectivity index (χ0v) is 7.66. The summed E-state index contributed by atoms with van der Waals surface area (Å²) in [5, 5.41) is 0. The average Bonchev–Trinajstić information content (AvgIpc) is 2.18. The lowest BCUT2D eigenvalue weighted by atomic mass is 9.87. The molecule has 0 radical (unpaired) electrons. The number of aliphatic imine (C=N–C) groups is 1. The Balaban J connectivity index is 2.88. The van der Waals surface area contributed by atoms with Crippen molar-refractivity contribution in [3.8, 4) is 0 Å². The fourth-order valence-electron chi connectivity index (χ4n) is 1.36. The molecule has 5 heteroatoms. The van der Waals surface area contributed by atoms with Crippen LogP contribution >= 0.6 is 0 Å². The van der Waals surface area contributed by atoms with Crippen LogP contribution in [0.2, 0.25) is 0 Å². The number of nitrogens with zero attached hydrogens (tertiary/aromatic N) is 3. The molecular weight excluding hydrogens is 180 g/mol. The molecule has 0 aromatic heterocycles. The predicted molar refractivity (Wildman–Crippen MR) is 51.3 cm³/mol. The van der Waals surface area contributed by atoms with Crippen LogP contribution in [-0.2, 0) is 4.79 Å². The van der Waals surface area contributed by atoms with Gasteiger partial charge in [-0.3, -0.25) is 9.64 Å². The molecule has 0 fully saturated rings. The van der Waals surface area contributed by atoms with Crippen molar-refractivity contribution >= 4 is 11.7 Å². The van der Waals surface area contributed by atoms with Crippen molar-refractivity contribution in [2.45, 2.75) is 24.8 Å². The molecule has 1 rings (SSSR count). The first-order valence-electron chi connectivity index (χ1n) is 4.24. The van der Waals surface area contributed by atoms with Gasteiger partial charge in [-0.2, -0.15) is 4.99 Å². The summed E-state index contributed by atoms with van der Waals surface area (Å²) in [6, 6.07) is 0. The minimum absolute atomic E-state index is 0.184. The van der Waals surface area contributed by atoms with Gasteiger partial charge in [0.1, 0.15) is 12.3 Å². The van der Waals surface area contributed by atoms with Crippen LogP contribution in [-0.4, -0.2) is 23.8 Å². The second-order valence-corrected chi connectivity index (χ2v) is 3.18. The number of hydrogen-bond acceptors (Lipinski definition) is 2. The van der Waals surface area contributed by atoms with Gasteiger partial charge in [-0.1, -0.05) is 0 Å². The van der Waals surface area contributed by atoms with Crippen LogP contribution in [0.5, 0.6) is 0 Å². The highest BCUT2D eigenvalue weighted by Gasteiger charge is 2.48. The van der Waals surface area contributed by atoms with E-state index in [-0.39, 0.29) is 18.8 Å². The van der Waals surface area contributed by atoms with E-state index in [1.807, 2.05) is 0 Å². The average molecular weight is 190 g/mol. The number of nitrogens with two attached hydrogens (primary N) is 1. The normalized spacial score (nSPS) is 26.1. The topological polar surface area (TPSA) is 64.2 Å². The molecule has 0 spiro atoms. The summed E-state index contributed by atoms with van der Waals surface area (Å²) < 4.78 is 0. The van der Waals surface area contributed by atoms with Crippen LogP contribution in [0.4, 0.5) is 0 Å². The van der Waals surface area contributed by atoms with Gasteiger partial charge in [0.05, 0.1) is 0 Å². The molecule has 2 N–H and O–H groups in total. The minimum atomic E-state index is -1.12. The number of hydrogen-bond donors (Lipinski definition) is 1. The number of carbonyl (C=O) groups is 1. The van der Waals surface area contributed by atoms with E-state index in [4.69, 9.17) is 18.9 Å². The summed E-state index contributed by atoms with van der Waals surface area (Å²) in [4.78, 5) is 21.6. The summed E-state index contributed by atoms with van der Waals surface area (Å²) in [7, 11) is 0. The third-order valence-electron chi connectivity index (χ3n) is 2.29. The third-order valence-corrected chi connectivity index (χ3v) is 2.29. The van der Waals surface area contributed by atoms with Crippen molar-refractivity contribution in [3.05, 3.63) is 22.8 Å². The lowest BCUT2D eigenvalue weighted by Gasteiger charge is -2.19. The third kappa shape index (κ3) is 1.72. The standard InChI is InChI=1S/C9H10N4O/c1-11-6-5-9(12-2)4-3-7(10)13-8(9)14/h3-6H2,(H2,10,13,14). The Bertz CT molecular complexity index is 360. The number of amidine groups is 1. The summed E-state index contributed by atoms with van der Waals surface area (Å²) in [6.45, 7) is 13.8. The van der Waals surface area contributed by atoms with Gasteiger partial charge in [0, 0.05) is 12.8 Å². The van der Waals surface area contributed by atoms with E-state index in [0.717, 1.165) is 0 Å². The summed E-state index contributed by atoms with van der Waals surface area (Å²) >= 11 is 0. The van der Waals surface area contributed by atoms with Gasteiger partial charge in [0.15, 0.2) is 0 Å². The maximum Gasteiger partial charge on any atom is 0.333 e. The van der Waals surface area contributed by atoms with Gasteiger partial charge in [-0.15, -0.1) is 0 Å². The van der Waals surface area contributed by atoms with E-state index in [2.05, 4.69) is 14.7 Å².